The van der Waals surface area contributed by atoms with Crippen LogP contribution >= 0.6 is 11.8 Å². The average molecular weight is 178 g/mol. The van der Waals surface area contributed by atoms with E-state index in [9.17, 15) is 4.79 Å². The second-order valence-electron chi connectivity index (χ2n) is 3.16. The Morgan fingerprint density at radius 1 is 1.45 bits per heavy atom. The summed E-state index contributed by atoms with van der Waals surface area (Å²) in [6, 6.07) is 0. The molecule has 1 N–H and O–H groups in total. The Hall–Kier alpha value is -0.240. The zero-order chi connectivity index (χ0) is 8.69. The van der Waals surface area contributed by atoms with Crippen LogP contribution in [0.1, 0.15) is 39.5 Å². The van der Waals surface area contributed by atoms with Crippen LogP contribution in [0.5, 0.6) is 0 Å². The Kier molecular flexibility index (Phi) is 6.33. The third-order valence-electron chi connectivity index (χ3n) is 1.54. The number of rotatable bonds is 5. The maximum atomic E-state index is 10.6. The first-order valence-electron chi connectivity index (χ1n) is 4.06. The van der Waals surface area contributed by atoms with Gasteiger partial charge in [-0.1, -0.05) is 26.7 Å². The van der Waals surface area contributed by atoms with Crippen molar-refractivity contribution in [3.63, 3.8) is 0 Å². The molecule has 0 spiro atoms. The fourth-order valence-corrected chi connectivity index (χ4v) is 0.980. The summed E-state index contributed by atoms with van der Waals surface area (Å²) in [6.45, 7) is 4.36. The molecule has 3 heteroatoms. The van der Waals surface area contributed by atoms with Crippen LogP contribution in [0, 0.1) is 5.92 Å². The SMILES string of the molecule is CC(C)CCCCC(=O)NCl. The maximum Gasteiger partial charge on any atom is 0.234 e. The van der Waals surface area contributed by atoms with Gasteiger partial charge in [0.15, 0.2) is 0 Å². The van der Waals surface area contributed by atoms with Gasteiger partial charge in [0.2, 0.25) is 5.91 Å². The lowest BCUT2D eigenvalue weighted by Gasteiger charge is -2.02. The van der Waals surface area contributed by atoms with Crippen LogP contribution in [0.25, 0.3) is 0 Å². The number of nitrogens with one attached hydrogen (secondary N) is 1. The van der Waals surface area contributed by atoms with Crippen molar-refractivity contribution in [1.29, 1.82) is 0 Å². The minimum Gasteiger partial charge on any atom is -0.274 e. The van der Waals surface area contributed by atoms with Crippen molar-refractivity contribution in [2.75, 3.05) is 0 Å². The number of halogens is 1. The van der Waals surface area contributed by atoms with Gasteiger partial charge in [-0.2, -0.15) is 0 Å². The highest BCUT2D eigenvalue weighted by Gasteiger charge is 1.99. The second kappa shape index (κ2) is 6.47. The van der Waals surface area contributed by atoms with E-state index in [-0.39, 0.29) is 5.91 Å². The summed E-state index contributed by atoms with van der Waals surface area (Å²) in [7, 11) is 0. The Labute approximate surface area is 73.4 Å². The number of hydrogen-bond donors (Lipinski definition) is 1. The fourth-order valence-electron chi connectivity index (χ4n) is 0.885. The molecule has 0 atom stereocenters. The molecule has 2 nitrogen and oxygen atoms in total. The molecule has 0 unspecified atom stereocenters. The number of unbranched alkanes of at least 4 members (excludes halogenated alkanes) is 1. The van der Waals surface area contributed by atoms with Crippen LogP contribution < -0.4 is 4.84 Å². The molecule has 1 amide bonds. The summed E-state index contributed by atoms with van der Waals surface area (Å²) in [5.74, 6) is 0.657. The lowest BCUT2D eigenvalue weighted by Crippen LogP contribution is -2.11. The van der Waals surface area contributed by atoms with Crippen LogP contribution in [0.15, 0.2) is 0 Å². The normalized spacial score (nSPS) is 10.2. The number of hydrogen-bond acceptors (Lipinski definition) is 1. The summed E-state index contributed by atoms with van der Waals surface area (Å²) in [6.07, 6.45) is 3.80. The quantitative estimate of drug-likeness (QED) is 0.508. The molecule has 0 saturated carbocycles. The van der Waals surface area contributed by atoms with E-state index < -0.39 is 0 Å². The first-order chi connectivity index (χ1) is 5.16. The smallest absolute Gasteiger partial charge is 0.234 e. The van der Waals surface area contributed by atoms with E-state index in [2.05, 4.69) is 18.7 Å². The monoisotopic (exact) mass is 177 g/mol. The molecule has 0 aromatic carbocycles. The van der Waals surface area contributed by atoms with E-state index in [0.717, 1.165) is 18.8 Å². The molecule has 0 fully saturated rings. The fraction of sp³-hybridized carbons (Fsp3) is 0.875. The lowest BCUT2D eigenvalue weighted by atomic mass is 10.1. The Morgan fingerprint density at radius 2 is 2.09 bits per heavy atom. The molecule has 66 valence electrons. The molecule has 0 rings (SSSR count). The predicted molar refractivity (Wildman–Crippen MR) is 47.3 cm³/mol. The minimum absolute atomic E-state index is 0.0737. The van der Waals surface area contributed by atoms with Gasteiger partial charge in [-0.25, -0.2) is 0 Å². The Morgan fingerprint density at radius 3 is 2.55 bits per heavy atom. The van der Waals surface area contributed by atoms with Gasteiger partial charge < -0.3 is 0 Å². The molecule has 0 aliphatic carbocycles. The molecule has 0 aliphatic rings. The molecular weight excluding hydrogens is 162 g/mol. The zero-order valence-electron chi connectivity index (χ0n) is 7.19. The van der Waals surface area contributed by atoms with E-state index in [1.165, 1.54) is 6.42 Å². The summed E-state index contributed by atoms with van der Waals surface area (Å²) in [5.41, 5.74) is 0. The van der Waals surface area contributed by atoms with Crippen molar-refractivity contribution < 1.29 is 4.79 Å². The molecule has 0 bridgehead atoms. The first-order valence-corrected chi connectivity index (χ1v) is 4.44. The molecule has 0 aromatic rings. The molecule has 0 saturated heterocycles. The summed E-state index contributed by atoms with van der Waals surface area (Å²) in [4.78, 5) is 12.7. The molecule has 0 radical (unpaired) electrons. The average Bonchev–Trinajstić information content (AvgIpc) is 1.97. The number of carbonyl (C=O) groups excluding carboxylic acids is 1. The highest BCUT2D eigenvalue weighted by molar-refractivity contribution is 6.21. The van der Waals surface area contributed by atoms with E-state index >= 15 is 0 Å². The maximum absolute atomic E-state index is 10.6. The van der Waals surface area contributed by atoms with Crippen LogP contribution in [-0.2, 0) is 4.79 Å². The van der Waals surface area contributed by atoms with Crippen LogP contribution in [-0.4, -0.2) is 5.91 Å². The second-order valence-corrected chi connectivity index (χ2v) is 3.35. The molecule has 0 heterocycles. The van der Waals surface area contributed by atoms with Gasteiger partial charge in [0.05, 0.1) is 0 Å². The first kappa shape index (κ1) is 10.8. The summed E-state index contributed by atoms with van der Waals surface area (Å²) >= 11 is 5.09. The Bertz CT molecular complexity index is 115. The van der Waals surface area contributed by atoms with Gasteiger partial charge in [-0.3, -0.25) is 9.63 Å². The largest absolute Gasteiger partial charge is 0.274 e. The Balaban J connectivity index is 3.08. The summed E-state index contributed by atoms with van der Waals surface area (Å²) in [5, 5.41) is 0. The van der Waals surface area contributed by atoms with Crippen molar-refractivity contribution in [2.24, 2.45) is 5.92 Å². The van der Waals surface area contributed by atoms with Crippen molar-refractivity contribution in [3.05, 3.63) is 0 Å². The molecule has 11 heavy (non-hydrogen) atoms. The van der Waals surface area contributed by atoms with Gasteiger partial charge in [0, 0.05) is 18.2 Å². The van der Waals surface area contributed by atoms with Crippen LogP contribution in [0.3, 0.4) is 0 Å². The third kappa shape index (κ3) is 7.66. The van der Waals surface area contributed by atoms with Gasteiger partial charge in [-0.15, -0.1) is 0 Å². The van der Waals surface area contributed by atoms with Crippen molar-refractivity contribution in [2.45, 2.75) is 39.5 Å². The highest BCUT2D eigenvalue weighted by atomic mass is 35.5. The third-order valence-corrected chi connectivity index (χ3v) is 1.75. The predicted octanol–water partition coefficient (Wildman–Crippen LogP) is 2.47. The zero-order valence-corrected chi connectivity index (χ0v) is 7.95. The highest BCUT2D eigenvalue weighted by Crippen LogP contribution is 2.07. The minimum atomic E-state index is -0.0737. The van der Waals surface area contributed by atoms with Crippen molar-refractivity contribution in [3.8, 4) is 0 Å². The van der Waals surface area contributed by atoms with Crippen molar-refractivity contribution in [1.82, 2.24) is 4.84 Å². The van der Waals surface area contributed by atoms with E-state index in [4.69, 9.17) is 11.8 Å². The lowest BCUT2D eigenvalue weighted by molar-refractivity contribution is -0.119. The number of carbonyl (C=O) groups is 1. The van der Waals surface area contributed by atoms with Crippen LogP contribution in [0.2, 0.25) is 0 Å². The standard InChI is InChI=1S/C8H16ClNO/c1-7(2)5-3-4-6-8(11)10-9/h7H,3-6H2,1-2H3,(H,10,11). The van der Waals surface area contributed by atoms with Gasteiger partial charge in [0.1, 0.15) is 0 Å². The van der Waals surface area contributed by atoms with E-state index in [1.807, 2.05) is 0 Å². The number of amides is 1. The van der Waals surface area contributed by atoms with Gasteiger partial charge in [0.25, 0.3) is 0 Å². The van der Waals surface area contributed by atoms with E-state index in [1.54, 1.807) is 0 Å². The molecule has 0 aliphatic heterocycles. The topological polar surface area (TPSA) is 29.1 Å². The molecular formula is C8H16ClNO. The molecule has 0 aromatic heterocycles. The van der Waals surface area contributed by atoms with E-state index in [0.29, 0.717) is 6.42 Å². The van der Waals surface area contributed by atoms with Crippen molar-refractivity contribution >= 4 is 17.7 Å². The van der Waals surface area contributed by atoms with Crippen LogP contribution in [0.4, 0.5) is 0 Å². The summed E-state index contributed by atoms with van der Waals surface area (Å²) < 4.78 is 0. The van der Waals surface area contributed by atoms with Gasteiger partial charge >= 0.3 is 0 Å². The van der Waals surface area contributed by atoms with Gasteiger partial charge in [-0.05, 0) is 12.3 Å².